The highest BCUT2D eigenvalue weighted by Gasteiger charge is 2.34. The second-order valence-corrected chi connectivity index (χ2v) is 4.49. The van der Waals surface area contributed by atoms with Crippen LogP contribution in [0.4, 0.5) is 4.39 Å². The molecule has 0 unspecified atom stereocenters. The van der Waals surface area contributed by atoms with E-state index in [0.29, 0.717) is 10.6 Å². The molecule has 0 heterocycles. The molecule has 1 fully saturated rings. The van der Waals surface area contributed by atoms with Crippen LogP contribution in [0, 0.1) is 11.7 Å². The lowest BCUT2D eigenvalue weighted by molar-refractivity contribution is 0.122. The Balaban J connectivity index is 0.00000128. The van der Waals surface area contributed by atoms with Gasteiger partial charge in [-0.15, -0.1) is 12.4 Å². The minimum absolute atomic E-state index is 0. The Kier molecular flexibility index (Phi) is 4.56. The summed E-state index contributed by atoms with van der Waals surface area (Å²) in [4.78, 5) is 0. The van der Waals surface area contributed by atoms with Crippen molar-refractivity contribution in [2.24, 2.45) is 11.7 Å². The van der Waals surface area contributed by atoms with Gasteiger partial charge in [0.05, 0.1) is 12.1 Å². The third kappa shape index (κ3) is 3.08. The van der Waals surface area contributed by atoms with Crippen LogP contribution in [-0.4, -0.2) is 11.2 Å². The van der Waals surface area contributed by atoms with E-state index in [0.717, 1.165) is 12.8 Å². The molecule has 1 aliphatic rings. The first-order valence-electron chi connectivity index (χ1n) is 4.97. The largest absolute Gasteiger partial charge is 0.391 e. The molecule has 0 aliphatic heterocycles. The van der Waals surface area contributed by atoms with Crippen LogP contribution < -0.4 is 5.73 Å². The van der Waals surface area contributed by atoms with Crippen LogP contribution in [0.15, 0.2) is 18.2 Å². The Labute approximate surface area is 105 Å². The molecule has 0 spiro atoms. The molecule has 0 bridgehead atoms. The van der Waals surface area contributed by atoms with Gasteiger partial charge in [-0.05, 0) is 42.5 Å². The van der Waals surface area contributed by atoms with E-state index in [1.807, 2.05) is 0 Å². The summed E-state index contributed by atoms with van der Waals surface area (Å²) in [5.74, 6) is -0.155. The maximum atomic E-state index is 13.0. The minimum Gasteiger partial charge on any atom is -0.391 e. The van der Waals surface area contributed by atoms with Crippen LogP contribution in [0.2, 0.25) is 5.02 Å². The molecular formula is C11H14Cl2FNO. The number of rotatable bonds is 3. The van der Waals surface area contributed by atoms with Crippen LogP contribution in [0.1, 0.15) is 24.4 Å². The number of benzene rings is 1. The predicted octanol–water partition coefficient (Wildman–Crippen LogP) is 2.67. The van der Waals surface area contributed by atoms with Crippen LogP contribution in [-0.2, 0) is 0 Å². The van der Waals surface area contributed by atoms with Crippen LogP contribution >= 0.6 is 24.0 Å². The fourth-order valence-corrected chi connectivity index (χ4v) is 1.93. The average molecular weight is 266 g/mol. The zero-order valence-electron chi connectivity index (χ0n) is 8.57. The monoisotopic (exact) mass is 265 g/mol. The Morgan fingerprint density at radius 3 is 2.50 bits per heavy atom. The van der Waals surface area contributed by atoms with Crippen molar-refractivity contribution >= 4 is 24.0 Å². The Morgan fingerprint density at radius 2 is 2.00 bits per heavy atom. The zero-order valence-corrected chi connectivity index (χ0v) is 10.1. The van der Waals surface area contributed by atoms with Gasteiger partial charge in [-0.1, -0.05) is 11.6 Å². The van der Waals surface area contributed by atoms with Gasteiger partial charge in [0.15, 0.2) is 0 Å². The van der Waals surface area contributed by atoms with E-state index in [1.165, 1.54) is 12.1 Å². The van der Waals surface area contributed by atoms with Gasteiger partial charge in [0.25, 0.3) is 0 Å². The van der Waals surface area contributed by atoms with Crippen molar-refractivity contribution in [1.29, 1.82) is 0 Å². The fourth-order valence-electron chi connectivity index (χ4n) is 1.70. The topological polar surface area (TPSA) is 46.2 Å². The molecule has 2 nitrogen and oxygen atoms in total. The number of aliphatic hydroxyl groups is 1. The Hall–Kier alpha value is -0.350. The molecule has 3 N–H and O–H groups in total. The third-order valence-electron chi connectivity index (χ3n) is 2.74. The molecule has 2 atom stereocenters. The van der Waals surface area contributed by atoms with Crippen LogP contribution in [0.5, 0.6) is 0 Å². The first-order chi connectivity index (χ1) is 7.08. The van der Waals surface area contributed by atoms with Gasteiger partial charge in [0.1, 0.15) is 5.82 Å². The Morgan fingerprint density at radius 1 is 1.38 bits per heavy atom. The molecule has 1 aromatic carbocycles. The summed E-state index contributed by atoms with van der Waals surface area (Å²) in [6.07, 6.45) is 1.40. The van der Waals surface area contributed by atoms with E-state index in [-0.39, 0.29) is 18.3 Å². The zero-order chi connectivity index (χ0) is 11.0. The summed E-state index contributed by atoms with van der Waals surface area (Å²) in [7, 11) is 0. The first-order valence-corrected chi connectivity index (χ1v) is 5.35. The van der Waals surface area contributed by atoms with Gasteiger partial charge in [-0.25, -0.2) is 4.39 Å². The third-order valence-corrected chi connectivity index (χ3v) is 2.96. The van der Waals surface area contributed by atoms with Gasteiger partial charge in [-0.3, -0.25) is 0 Å². The highest BCUT2D eigenvalue weighted by Crippen LogP contribution is 2.37. The summed E-state index contributed by atoms with van der Waals surface area (Å²) in [5, 5.41) is 10.1. The van der Waals surface area contributed by atoms with E-state index in [2.05, 4.69) is 0 Å². The second-order valence-electron chi connectivity index (χ2n) is 4.06. The first kappa shape index (κ1) is 13.7. The SMILES string of the molecule is Cl.N[C@H](c1cc(F)cc(Cl)c1)[C@@H](O)C1CC1. The van der Waals surface area contributed by atoms with Crippen molar-refractivity contribution in [3.63, 3.8) is 0 Å². The molecule has 90 valence electrons. The Bertz CT molecular complexity index is 351. The molecular weight excluding hydrogens is 252 g/mol. The van der Waals surface area contributed by atoms with E-state index in [4.69, 9.17) is 17.3 Å². The molecule has 1 saturated carbocycles. The van der Waals surface area contributed by atoms with Crippen molar-refractivity contribution < 1.29 is 9.50 Å². The quantitative estimate of drug-likeness (QED) is 0.883. The number of aliphatic hydroxyl groups excluding tert-OH is 1. The van der Waals surface area contributed by atoms with Gasteiger partial charge in [-0.2, -0.15) is 0 Å². The molecule has 0 radical (unpaired) electrons. The van der Waals surface area contributed by atoms with Crippen molar-refractivity contribution in [2.75, 3.05) is 0 Å². The standard InChI is InChI=1S/C11H13ClFNO.ClH/c12-8-3-7(4-9(13)5-8)10(14)11(15)6-1-2-6;/h3-6,10-11,15H,1-2,14H2;1H/t10-,11+;/m1./s1. The van der Waals surface area contributed by atoms with Gasteiger partial charge < -0.3 is 10.8 Å². The summed E-state index contributed by atoms with van der Waals surface area (Å²) < 4.78 is 13.0. The molecule has 0 saturated heterocycles. The molecule has 2 rings (SSSR count). The highest BCUT2D eigenvalue weighted by molar-refractivity contribution is 6.30. The highest BCUT2D eigenvalue weighted by atomic mass is 35.5. The summed E-state index contributed by atoms with van der Waals surface area (Å²) in [6, 6.07) is 3.59. The van der Waals surface area contributed by atoms with Crippen molar-refractivity contribution in [3.05, 3.63) is 34.6 Å². The maximum Gasteiger partial charge on any atom is 0.125 e. The van der Waals surface area contributed by atoms with Crippen LogP contribution in [0.3, 0.4) is 0 Å². The van der Waals surface area contributed by atoms with Gasteiger partial charge in [0, 0.05) is 5.02 Å². The second kappa shape index (κ2) is 5.32. The van der Waals surface area contributed by atoms with E-state index in [9.17, 15) is 9.50 Å². The van der Waals surface area contributed by atoms with E-state index < -0.39 is 18.0 Å². The molecule has 5 heteroatoms. The van der Waals surface area contributed by atoms with E-state index >= 15 is 0 Å². The lowest BCUT2D eigenvalue weighted by atomic mass is 9.99. The van der Waals surface area contributed by atoms with Gasteiger partial charge >= 0.3 is 0 Å². The smallest absolute Gasteiger partial charge is 0.125 e. The number of hydrogen-bond acceptors (Lipinski definition) is 2. The summed E-state index contributed by atoms with van der Waals surface area (Å²) in [6.45, 7) is 0. The fraction of sp³-hybridized carbons (Fsp3) is 0.455. The molecule has 1 aromatic rings. The number of hydrogen-bond donors (Lipinski definition) is 2. The molecule has 1 aliphatic carbocycles. The van der Waals surface area contributed by atoms with Crippen molar-refractivity contribution in [1.82, 2.24) is 0 Å². The van der Waals surface area contributed by atoms with Crippen molar-refractivity contribution in [2.45, 2.75) is 25.0 Å². The number of nitrogens with two attached hydrogens (primary N) is 1. The average Bonchev–Trinajstić information content (AvgIpc) is 2.97. The molecule has 0 aromatic heterocycles. The van der Waals surface area contributed by atoms with Crippen molar-refractivity contribution in [3.8, 4) is 0 Å². The molecule has 16 heavy (non-hydrogen) atoms. The minimum atomic E-state index is -0.595. The lowest BCUT2D eigenvalue weighted by Crippen LogP contribution is -2.27. The summed E-state index contributed by atoms with van der Waals surface area (Å²) in [5.41, 5.74) is 6.40. The normalized spacial score (nSPS) is 18.8. The number of halogens is 3. The summed E-state index contributed by atoms with van der Waals surface area (Å²) >= 11 is 5.72. The van der Waals surface area contributed by atoms with Gasteiger partial charge in [0.2, 0.25) is 0 Å². The lowest BCUT2D eigenvalue weighted by Gasteiger charge is -2.18. The predicted molar refractivity (Wildman–Crippen MR) is 64.3 cm³/mol. The molecule has 0 amide bonds. The van der Waals surface area contributed by atoms with E-state index in [1.54, 1.807) is 6.07 Å². The maximum absolute atomic E-state index is 13.0. The van der Waals surface area contributed by atoms with Crippen LogP contribution in [0.25, 0.3) is 0 Å².